The monoisotopic (exact) mass is 368 g/mol. The highest BCUT2D eigenvalue weighted by Crippen LogP contribution is 2.24. The Morgan fingerprint density at radius 3 is 2.79 bits per heavy atom. The maximum Gasteiger partial charge on any atom is 0.238 e. The van der Waals surface area contributed by atoms with Gasteiger partial charge in [0.05, 0.1) is 16.6 Å². The lowest BCUT2D eigenvalue weighted by Gasteiger charge is -2.16. The highest BCUT2D eigenvalue weighted by Gasteiger charge is 2.08. The van der Waals surface area contributed by atoms with Gasteiger partial charge in [0.15, 0.2) is 0 Å². The average Bonchev–Trinajstić information content (AvgIpc) is 3.04. The van der Waals surface area contributed by atoms with Crippen LogP contribution in [0.5, 0.6) is 0 Å². The quantitative estimate of drug-likeness (QED) is 0.682. The Labute approximate surface area is 152 Å². The molecule has 0 aliphatic rings. The molecule has 0 aliphatic carbocycles. The number of halogens is 2. The predicted molar refractivity (Wildman–Crippen MR) is 98.7 cm³/mol. The van der Waals surface area contributed by atoms with Gasteiger partial charge >= 0.3 is 0 Å². The lowest BCUT2D eigenvalue weighted by molar-refractivity contribution is -0.117. The number of aromatic nitrogens is 2. The van der Waals surface area contributed by atoms with Crippen LogP contribution in [0.3, 0.4) is 0 Å². The smallest absolute Gasteiger partial charge is 0.238 e. The lowest BCUT2D eigenvalue weighted by Crippen LogP contribution is -2.30. The molecule has 0 radical (unpaired) electrons. The summed E-state index contributed by atoms with van der Waals surface area (Å²) in [5.74, 6) is -0.0626. The number of unbranched alkanes of at least 4 members (excludes halogenated alkanes) is 2. The molecule has 0 saturated carbocycles. The number of benzene rings is 1. The van der Waals surface area contributed by atoms with Crippen LogP contribution in [-0.4, -0.2) is 40.7 Å². The van der Waals surface area contributed by atoms with Crippen LogP contribution >= 0.6 is 23.2 Å². The molecule has 1 aromatic carbocycles. The number of amides is 1. The summed E-state index contributed by atoms with van der Waals surface area (Å²) in [5.41, 5.74) is 0.655. The average molecular weight is 369 g/mol. The third kappa shape index (κ3) is 6.51. The van der Waals surface area contributed by atoms with Gasteiger partial charge in [0.1, 0.15) is 0 Å². The van der Waals surface area contributed by atoms with E-state index in [1.165, 1.54) is 0 Å². The van der Waals surface area contributed by atoms with Gasteiger partial charge in [0, 0.05) is 24.6 Å². The van der Waals surface area contributed by atoms with Crippen LogP contribution in [0.15, 0.2) is 36.7 Å². The summed E-state index contributed by atoms with van der Waals surface area (Å²) < 4.78 is 1.94. The summed E-state index contributed by atoms with van der Waals surface area (Å²) in [7, 11) is 1.95. The van der Waals surface area contributed by atoms with Crippen molar-refractivity contribution in [2.24, 2.45) is 0 Å². The molecule has 0 fully saturated rings. The molecule has 0 unspecified atom stereocenters. The van der Waals surface area contributed by atoms with Crippen molar-refractivity contribution in [1.29, 1.82) is 0 Å². The maximum atomic E-state index is 12.0. The number of carbonyl (C=O) groups is 1. The Morgan fingerprint density at radius 2 is 2.08 bits per heavy atom. The third-order valence-electron chi connectivity index (χ3n) is 3.60. The van der Waals surface area contributed by atoms with Crippen molar-refractivity contribution >= 4 is 34.8 Å². The van der Waals surface area contributed by atoms with Crippen molar-refractivity contribution in [2.75, 3.05) is 25.5 Å². The van der Waals surface area contributed by atoms with Crippen LogP contribution in [0.4, 0.5) is 5.69 Å². The Balaban J connectivity index is 1.61. The molecule has 1 heterocycles. The fourth-order valence-electron chi connectivity index (χ4n) is 2.36. The highest BCUT2D eigenvalue weighted by atomic mass is 35.5. The molecule has 1 N–H and O–H groups in total. The predicted octanol–water partition coefficient (Wildman–Crippen LogP) is 3.93. The van der Waals surface area contributed by atoms with E-state index in [0.717, 1.165) is 32.4 Å². The maximum absolute atomic E-state index is 12.0. The summed E-state index contributed by atoms with van der Waals surface area (Å²) >= 11 is 11.8. The van der Waals surface area contributed by atoms with Gasteiger partial charge in [0.25, 0.3) is 0 Å². The number of rotatable bonds is 9. The van der Waals surface area contributed by atoms with Gasteiger partial charge in [-0.3, -0.25) is 14.4 Å². The molecule has 0 bridgehead atoms. The van der Waals surface area contributed by atoms with Crippen LogP contribution in [-0.2, 0) is 11.3 Å². The van der Waals surface area contributed by atoms with E-state index in [-0.39, 0.29) is 5.91 Å². The topological polar surface area (TPSA) is 50.2 Å². The minimum atomic E-state index is -0.0626. The molecule has 0 saturated heterocycles. The summed E-state index contributed by atoms with van der Waals surface area (Å²) in [4.78, 5) is 14.0. The second-order valence-corrected chi connectivity index (χ2v) is 6.56. The first kappa shape index (κ1) is 18.8. The number of aryl methyl sites for hydroxylation is 1. The Kier molecular flexibility index (Phi) is 7.56. The summed E-state index contributed by atoms with van der Waals surface area (Å²) in [6.45, 7) is 2.17. The molecule has 5 nitrogen and oxygen atoms in total. The van der Waals surface area contributed by atoms with Crippen molar-refractivity contribution in [3.63, 3.8) is 0 Å². The number of hydrogen-bond donors (Lipinski definition) is 1. The van der Waals surface area contributed by atoms with Crippen LogP contribution in [0.25, 0.3) is 0 Å². The number of anilines is 1. The van der Waals surface area contributed by atoms with Gasteiger partial charge in [-0.15, -0.1) is 0 Å². The summed E-state index contributed by atoms with van der Waals surface area (Å²) in [6, 6.07) is 6.99. The zero-order valence-electron chi connectivity index (χ0n) is 13.7. The minimum Gasteiger partial charge on any atom is -0.325 e. The van der Waals surface area contributed by atoms with Gasteiger partial charge in [-0.1, -0.05) is 29.6 Å². The van der Waals surface area contributed by atoms with E-state index >= 15 is 0 Å². The Hall–Kier alpha value is -1.56. The van der Waals surface area contributed by atoms with E-state index < -0.39 is 0 Å². The van der Waals surface area contributed by atoms with Crippen LogP contribution < -0.4 is 5.32 Å². The lowest BCUT2D eigenvalue weighted by atomic mass is 10.2. The molecular formula is C17H22Cl2N4O. The van der Waals surface area contributed by atoms with Crippen molar-refractivity contribution < 1.29 is 4.79 Å². The fourth-order valence-corrected chi connectivity index (χ4v) is 2.66. The van der Waals surface area contributed by atoms with Gasteiger partial charge in [-0.05, 0) is 50.7 Å². The zero-order valence-corrected chi connectivity index (χ0v) is 15.2. The Bertz CT molecular complexity index is 646. The molecule has 0 spiro atoms. The summed E-state index contributed by atoms with van der Waals surface area (Å²) in [6.07, 6.45) is 7.02. The second kappa shape index (κ2) is 9.67. The molecule has 2 aromatic rings. The van der Waals surface area contributed by atoms with Crippen molar-refractivity contribution in [1.82, 2.24) is 14.7 Å². The van der Waals surface area contributed by atoms with Crippen LogP contribution in [0.2, 0.25) is 10.0 Å². The van der Waals surface area contributed by atoms with E-state index in [0.29, 0.717) is 22.3 Å². The number of nitrogens with zero attached hydrogens (tertiary/aromatic N) is 3. The molecule has 1 amide bonds. The molecule has 2 rings (SSSR count). The van der Waals surface area contributed by atoms with Gasteiger partial charge < -0.3 is 5.32 Å². The number of hydrogen-bond acceptors (Lipinski definition) is 3. The second-order valence-electron chi connectivity index (χ2n) is 5.74. The minimum absolute atomic E-state index is 0.0626. The molecule has 0 aliphatic heterocycles. The van der Waals surface area contributed by atoms with Crippen molar-refractivity contribution in [3.8, 4) is 0 Å². The first-order valence-corrected chi connectivity index (χ1v) is 8.71. The van der Waals surface area contributed by atoms with Gasteiger partial charge in [-0.25, -0.2) is 0 Å². The number of likely N-dealkylation sites (N-methyl/N-ethyl adjacent to an activating group) is 1. The molecule has 1 aromatic heterocycles. The molecule has 0 atom stereocenters. The fraction of sp³-hybridized carbons (Fsp3) is 0.412. The summed E-state index contributed by atoms with van der Waals surface area (Å²) in [5, 5.41) is 7.91. The zero-order chi connectivity index (χ0) is 17.4. The highest BCUT2D eigenvalue weighted by molar-refractivity contribution is 6.42. The molecule has 24 heavy (non-hydrogen) atoms. The first-order valence-electron chi connectivity index (χ1n) is 7.95. The van der Waals surface area contributed by atoms with Gasteiger partial charge in [-0.2, -0.15) is 5.10 Å². The SMILES string of the molecule is CN(CCCCCn1cccn1)CC(=O)Nc1ccc(Cl)c(Cl)c1. The largest absolute Gasteiger partial charge is 0.325 e. The normalized spacial score (nSPS) is 11.0. The van der Waals surface area contributed by atoms with E-state index in [1.807, 2.05) is 28.9 Å². The van der Waals surface area contributed by atoms with E-state index in [9.17, 15) is 4.79 Å². The third-order valence-corrected chi connectivity index (χ3v) is 4.34. The van der Waals surface area contributed by atoms with E-state index in [1.54, 1.807) is 24.4 Å². The number of carbonyl (C=O) groups excluding carboxylic acids is 1. The van der Waals surface area contributed by atoms with Crippen LogP contribution in [0.1, 0.15) is 19.3 Å². The van der Waals surface area contributed by atoms with E-state index in [4.69, 9.17) is 23.2 Å². The van der Waals surface area contributed by atoms with Crippen molar-refractivity contribution in [3.05, 3.63) is 46.7 Å². The molecular weight excluding hydrogens is 347 g/mol. The van der Waals surface area contributed by atoms with E-state index in [2.05, 4.69) is 10.4 Å². The standard InChI is InChI=1S/C17H22Cl2N4O/c1-22(9-3-2-4-10-23-11-5-8-20-23)13-17(24)21-14-6-7-15(18)16(19)12-14/h5-8,11-12H,2-4,9-10,13H2,1H3,(H,21,24). The Morgan fingerprint density at radius 1 is 1.25 bits per heavy atom. The first-order chi connectivity index (χ1) is 11.5. The molecule has 7 heteroatoms. The van der Waals surface area contributed by atoms with Crippen molar-refractivity contribution in [2.45, 2.75) is 25.8 Å². The molecule has 130 valence electrons. The van der Waals surface area contributed by atoms with Gasteiger partial charge in [0.2, 0.25) is 5.91 Å². The number of nitrogens with one attached hydrogen (secondary N) is 1. The van der Waals surface area contributed by atoms with Crippen LogP contribution in [0, 0.1) is 0 Å².